The summed E-state index contributed by atoms with van der Waals surface area (Å²) in [7, 11) is 0. The normalized spacial score (nSPS) is 10.6. The van der Waals surface area contributed by atoms with E-state index in [9.17, 15) is 10.1 Å². The van der Waals surface area contributed by atoms with Gasteiger partial charge in [-0.05, 0) is 48.0 Å². The smallest absolute Gasteiger partial charge is 0.262 e. The molecule has 0 bridgehead atoms. The molecule has 142 valence electrons. The fourth-order valence-electron chi connectivity index (χ4n) is 2.40. The number of nitrogens with one attached hydrogen (secondary N) is 1. The SMILES string of the molecule is N#CC(=Cc1ccc(COc2ccc(C#N)cc2)o1)C(=O)NCc1cccnc1. The summed E-state index contributed by atoms with van der Waals surface area (Å²) >= 11 is 0. The largest absolute Gasteiger partial charge is 0.486 e. The van der Waals surface area contributed by atoms with Crippen LogP contribution in [0.15, 0.2) is 70.9 Å². The maximum atomic E-state index is 12.2. The second-order valence-corrected chi connectivity index (χ2v) is 5.94. The fourth-order valence-corrected chi connectivity index (χ4v) is 2.40. The molecular formula is C22H16N4O3. The summed E-state index contributed by atoms with van der Waals surface area (Å²) in [6.45, 7) is 0.447. The van der Waals surface area contributed by atoms with Gasteiger partial charge in [0.25, 0.3) is 5.91 Å². The van der Waals surface area contributed by atoms with E-state index in [2.05, 4.69) is 10.3 Å². The van der Waals surface area contributed by atoms with Gasteiger partial charge in [0.15, 0.2) is 0 Å². The van der Waals surface area contributed by atoms with Gasteiger partial charge in [-0.1, -0.05) is 6.07 Å². The molecule has 0 saturated carbocycles. The predicted octanol–water partition coefficient (Wildman–Crippen LogP) is 3.35. The van der Waals surface area contributed by atoms with Crippen molar-refractivity contribution < 1.29 is 13.9 Å². The molecule has 0 radical (unpaired) electrons. The predicted molar refractivity (Wildman–Crippen MR) is 104 cm³/mol. The van der Waals surface area contributed by atoms with Gasteiger partial charge < -0.3 is 14.5 Å². The number of ether oxygens (including phenoxy) is 1. The first-order valence-electron chi connectivity index (χ1n) is 8.68. The number of amides is 1. The van der Waals surface area contributed by atoms with Gasteiger partial charge in [-0.25, -0.2) is 0 Å². The van der Waals surface area contributed by atoms with E-state index >= 15 is 0 Å². The first-order chi connectivity index (χ1) is 14.2. The highest BCUT2D eigenvalue weighted by Crippen LogP contribution is 2.17. The van der Waals surface area contributed by atoms with E-state index in [0.29, 0.717) is 22.8 Å². The Morgan fingerprint density at radius 1 is 1.17 bits per heavy atom. The fraction of sp³-hybridized carbons (Fsp3) is 0.0909. The summed E-state index contributed by atoms with van der Waals surface area (Å²) < 4.78 is 11.2. The van der Waals surface area contributed by atoms with E-state index in [-0.39, 0.29) is 18.7 Å². The van der Waals surface area contributed by atoms with Gasteiger partial charge in [0.1, 0.15) is 35.5 Å². The number of hydrogen-bond acceptors (Lipinski definition) is 6. The summed E-state index contributed by atoms with van der Waals surface area (Å²) in [6, 6.07) is 17.6. The number of furan rings is 1. The van der Waals surface area contributed by atoms with E-state index in [0.717, 1.165) is 5.56 Å². The second-order valence-electron chi connectivity index (χ2n) is 5.94. The first kappa shape index (κ1) is 19.4. The first-order valence-corrected chi connectivity index (χ1v) is 8.68. The van der Waals surface area contributed by atoms with Gasteiger partial charge >= 0.3 is 0 Å². The standard InChI is InChI=1S/C22H16N4O3/c23-11-16-3-5-19(6-4-16)28-15-21-8-7-20(29-21)10-18(12-24)22(27)26-14-17-2-1-9-25-13-17/h1-10,13H,14-15H2,(H,26,27). The Hall–Kier alpha value is -4.36. The van der Waals surface area contributed by atoms with Crippen LogP contribution in [0.3, 0.4) is 0 Å². The maximum Gasteiger partial charge on any atom is 0.262 e. The van der Waals surface area contributed by atoms with Gasteiger partial charge in [-0.2, -0.15) is 10.5 Å². The lowest BCUT2D eigenvalue weighted by atomic mass is 10.2. The van der Waals surface area contributed by atoms with Crippen molar-refractivity contribution in [2.75, 3.05) is 0 Å². The summed E-state index contributed by atoms with van der Waals surface area (Å²) in [5.74, 6) is 1.01. The van der Waals surface area contributed by atoms with Crippen molar-refractivity contribution in [3.8, 4) is 17.9 Å². The number of benzene rings is 1. The summed E-state index contributed by atoms with van der Waals surface area (Å²) in [5, 5.41) is 20.7. The van der Waals surface area contributed by atoms with Crippen molar-refractivity contribution in [2.24, 2.45) is 0 Å². The average molecular weight is 384 g/mol. The average Bonchev–Trinajstić information content (AvgIpc) is 3.23. The van der Waals surface area contributed by atoms with Crippen LogP contribution in [0.2, 0.25) is 0 Å². The molecule has 0 atom stereocenters. The molecule has 2 heterocycles. The van der Waals surface area contributed by atoms with Crippen LogP contribution in [0.25, 0.3) is 6.08 Å². The molecule has 29 heavy (non-hydrogen) atoms. The van der Waals surface area contributed by atoms with E-state index < -0.39 is 5.91 Å². The Morgan fingerprint density at radius 2 is 2.00 bits per heavy atom. The lowest BCUT2D eigenvalue weighted by molar-refractivity contribution is -0.117. The van der Waals surface area contributed by atoms with Crippen LogP contribution in [0.1, 0.15) is 22.6 Å². The Morgan fingerprint density at radius 3 is 2.69 bits per heavy atom. The number of carbonyl (C=O) groups is 1. The maximum absolute atomic E-state index is 12.2. The highest BCUT2D eigenvalue weighted by atomic mass is 16.5. The summed E-state index contributed by atoms with van der Waals surface area (Å²) in [4.78, 5) is 16.2. The number of aromatic nitrogens is 1. The zero-order valence-electron chi connectivity index (χ0n) is 15.3. The summed E-state index contributed by atoms with van der Waals surface area (Å²) in [5.41, 5.74) is 1.31. The lowest BCUT2D eigenvalue weighted by Crippen LogP contribution is -2.23. The van der Waals surface area contributed by atoms with Crippen LogP contribution in [-0.2, 0) is 17.9 Å². The molecular weight excluding hydrogens is 368 g/mol. The number of nitrogens with zero attached hydrogens (tertiary/aromatic N) is 3. The minimum Gasteiger partial charge on any atom is -0.486 e. The quantitative estimate of drug-likeness (QED) is 0.494. The highest BCUT2D eigenvalue weighted by Gasteiger charge is 2.11. The van der Waals surface area contributed by atoms with Crippen LogP contribution in [0.4, 0.5) is 0 Å². The van der Waals surface area contributed by atoms with Crippen molar-refractivity contribution >= 4 is 12.0 Å². The van der Waals surface area contributed by atoms with E-state index in [1.165, 1.54) is 6.08 Å². The number of pyridine rings is 1. The van der Waals surface area contributed by atoms with Crippen LogP contribution < -0.4 is 10.1 Å². The number of nitriles is 2. The van der Waals surface area contributed by atoms with Crippen LogP contribution in [0.5, 0.6) is 5.75 Å². The highest BCUT2D eigenvalue weighted by molar-refractivity contribution is 6.01. The van der Waals surface area contributed by atoms with Gasteiger partial charge in [0, 0.05) is 25.0 Å². The molecule has 0 aliphatic carbocycles. The summed E-state index contributed by atoms with van der Waals surface area (Å²) in [6.07, 6.45) is 4.66. The van der Waals surface area contributed by atoms with Crippen molar-refractivity contribution in [3.63, 3.8) is 0 Å². The molecule has 7 heteroatoms. The Kier molecular flexibility index (Phi) is 6.38. The van der Waals surface area contributed by atoms with Crippen molar-refractivity contribution in [1.82, 2.24) is 10.3 Å². The van der Waals surface area contributed by atoms with E-state index in [1.54, 1.807) is 54.9 Å². The van der Waals surface area contributed by atoms with Gasteiger partial charge in [0.05, 0.1) is 11.6 Å². The van der Waals surface area contributed by atoms with Gasteiger partial charge in [-0.15, -0.1) is 0 Å². The molecule has 1 amide bonds. The molecule has 1 N–H and O–H groups in total. The van der Waals surface area contributed by atoms with Crippen LogP contribution >= 0.6 is 0 Å². The molecule has 0 saturated heterocycles. The van der Waals surface area contributed by atoms with E-state index in [1.807, 2.05) is 18.2 Å². The zero-order chi connectivity index (χ0) is 20.5. The monoisotopic (exact) mass is 384 g/mol. The second kappa shape index (κ2) is 9.54. The molecule has 3 aromatic rings. The number of carbonyl (C=O) groups excluding carboxylic acids is 1. The Bertz CT molecular complexity index is 1090. The Balaban J connectivity index is 1.58. The molecule has 2 aromatic heterocycles. The van der Waals surface area contributed by atoms with Gasteiger partial charge in [-0.3, -0.25) is 9.78 Å². The molecule has 0 unspecified atom stereocenters. The minimum atomic E-state index is -0.497. The van der Waals surface area contributed by atoms with E-state index in [4.69, 9.17) is 14.4 Å². The molecule has 0 spiro atoms. The van der Waals surface area contributed by atoms with Crippen LogP contribution in [-0.4, -0.2) is 10.9 Å². The third kappa shape index (κ3) is 5.56. The zero-order valence-corrected chi connectivity index (χ0v) is 15.3. The molecule has 7 nitrogen and oxygen atoms in total. The molecule has 0 aliphatic rings. The third-order valence-corrected chi connectivity index (χ3v) is 3.87. The minimum absolute atomic E-state index is 0.0669. The number of hydrogen-bond donors (Lipinski definition) is 1. The molecule has 0 aliphatic heterocycles. The van der Waals surface area contributed by atoms with Gasteiger partial charge in [0.2, 0.25) is 0 Å². The molecule has 3 rings (SSSR count). The number of rotatable bonds is 7. The Labute approximate surface area is 167 Å². The third-order valence-electron chi connectivity index (χ3n) is 3.87. The topological polar surface area (TPSA) is 112 Å². The molecule has 0 fully saturated rings. The lowest BCUT2D eigenvalue weighted by Gasteiger charge is -2.04. The van der Waals surface area contributed by atoms with Crippen molar-refractivity contribution in [3.05, 3.63) is 89.1 Å². The molecule has 1 aromatic carbocycles. The van der Waals surface area contributed by atoms with Crippen LogP contribution in [0, 0.1) is 22.7 Å². The van der Waals surface area contributed by atoms with Crippen molar-refractivity contribution in [2.45, 2.75) is 13.2 Å². The van der Waals surface area contributed by atoms with Crippen molar-refractivity contribution in [1.29, 1.82) is 10.5 Å².